The van der Waals surface area contributed by atoms with Crippen LogP contribution in [0.15, 0.2) is 84.3 Å². The molecule has 8 nitrogen and oxygen atoms in total. The van der Waals surface area contributed by atoms with Crippen molar-refractivity contribution in [1.82, 2.24) is 9.97 Å². The van der Waals surface area contributed by atoms with E-state index in [1.54, 1.807) is 30.3 Å². The molecule has 4 aromatic rings. The Morgan fingerprint density at radius 3 is 2.65 bits per heavy atom. The number of anilines is 2. The number of hydrogen-bond acceptors (Lipinski definition) is 5. The molecule has 0 unspecified atom stereocenters. The number of sulfonamides is 1. The molecule has 2 N–H and O–H groups in total. The lowest BCUT2D eigenvalue weighted by molar-refractivity contribution is 0.102. The van der Waals surface area contributed by atoms with Crippen molar-refractivity contribution < 1.29 is 17.9 Å². The summed E-state index contributed by atoms with van der Waals surface area (Å²) < 4.78 is 33.7. The van der Waals surface area contributed by atoms with Crippen LogP contribution in [0.4, 0.5) is 11.6 Å². The fourth-order valence-corrected chi connectivity index (χ4v) is 5.11. The van der Waals surface area contributed by atoms with Gasteiger partial charge in [0.2, 0.25) is 5.95 Å². The highest BCUT2D eigenvalue weighted by molar-refractivity contribution is 7.92. The van der Waals surface area contributed by atoms with Crippen LogP contribution in [0.1, 0.15) is 10.4 Å². The zero-order chi connectivity index (χ0) is 24.3. The van der Waals surface area contributed by atoms with Crippen molar-refractivity contribution in [3.8, 4) is 5.75 Å². The molecule has 0 saturated heterocycles. The lowest BCUT2D eigenvalue weighted by Crippen LogP contribution is -2.31. The van der Waals surface area contributed by atoms with E-state index in [4.69, 9.17) is 16.3 Å². The minimum atomic E-state index is -4.10. The first-order chi connectivity index (χ1) is 16.3. The zero-order valence-electron chi connectivity index (χ0n) is 18.2. The summed E-state index contributed by atoms with van der Waals surface area (Å²) >= 11 is 6.26. The molecule has 0 saturated carbocycles. The van der Waals surface area contributed by atoms with Crippen LogP contribution in [0, 0.1) is 0 Å². The van der Waals surface area contributed by atoms with Crippen LogP contribution >= 0.6 is 11.6 Å². The number of benzene rings is 3. The molecule has 3 aromatic carbocycles. The summed E-state index contributed by atoms with van der Waals surface area (Å²) in [6.07, 6.45) is 1.47. The van der Waals surface area contributed by atoms with Crippen molar-refractivity contribution in [3.63, 3.8) is 0 Å². The number of nitrogens with one attached hydrogen (secondary N) is 2. The Hall–Kier alpha value is -3.82. The molecule has 10 heteroatoms. The molecule has 0 bridgehead atoms. The van der Waals surface area contributed by atoms with Gasteiger partial charge in [0.05, 0.1) is 45.9 Å². The third-order valence-corrected chi connectivity index (χ3v) is 7.15. The number of aromatic nitrogens is 2. The monoisotopic (exact) mass is 496 g/mol. The number of rotatable bonds is 8. The summed E-state index contributed by atoms with van der Waals surface area (Å²) in [6, 6.07) is 18.0. The van der Waals surface area contributed by atoms with Gasteiger partial charge in [-0.3, -0.25) is 14.4 Å². The van der Waals surface area contributed by atoms with Gasteiger partial charge in [-0.25, -0.2) is 13.4 Å². The first-order valence-corrected chi connectivity index (χ1v) is 12.0. The lowest BCUT2D eigenvalue weighted by atomic mass is 10.2. The number of halogens is 1. The maximum atomic E-state index is 13.6. The van der Waals surface area contributed by atoms with Crippen molar-refractivity contribution in [1.29, 1.82) is 0 Å². The third kappa shape index (κ3) is 4.48. The standard InChI is InChI=1S/C24H21ClN4O4S/c1-3-14-29(21-10-6-7-11-22(21)33-2)34(31,32)16-12-13-18(25)17(15-16)23(30)28-24-26-19-8-4-5-9-20(19)27-24/h3-13,15H,1,14H2,2H3,(H2,26,27,28,30). The summed E-state index contributed by atoms with van der Waals surface area (Å²) in [5, 5.41) is 2.73. The molecular weight excluding hydrogens is 476 g/mol. The highest BCUT2D eigenvalue weighted by Crippen LogP contribution is 2.33. The van der Waals surface area contributed by atoms with Crippen molar-refractivity contribution in [2.75, 3.05) is 23.3 Å². The van der Waals surface area contributed by atoms with E-state index in [0.717, 1.165) is 9.82 Å². The predicted molar refractivity (Wildman–Crippen MR) is 133 cm³/mol. The van der Waals surface area contributed by atoms with E-state index < -0.39 is 15.9 Å². The topological polar surface area (TPSA) is 104 Å². The number of carbonyl (C=O) groups excluding carboxylic acids is 1. The second-order valence-corrected chi connectivity index (χ2v) is 9.46. The number of fused-ring (bicyclic) bond motifs is 1. The Morgan fingerprint density at radius 1 is 1.18 bits per heavy atom. The summed E-state index contributed by atoms with van der Waals surface area (Å²) in [4.78, 5) is 20.1. The fourth-order valence-electron chi connectivity index (χ4n) is 3.43. The van der Waals surface area contributed by atoms with Crippen molar-refractivity contribution in [3.05, 3.63) is 90.0 Å². The highest BCUT2D eigenvalue weighted by Gasteiger charge is 2.28. The van der Waals surface area contributed by atoms with E-state index in [1.165, 1.54) is 31.4 Å². The number of para-hydroxylation sites is 4. The molecule has 0 aliphatic heterocycles. The molecule has 1 amide bonds. The fraction of sp³-hybridized carbons (Fsp3) is 0.0833. The third-order valence-electron chi connectivity index (χ3n) is 5.04. The van der Waals surface area contributed by atoms with E-state index in [1.807, 2.05) is 18.2 Å². The molecular formula is C24H21ClN4O4S. The van der Waals surface area contributed by atoms with Crippen molar-refractivity contribution >= 4 is 50.2 Å². The number of aromatic amines is 1. The van der Waals surface area contributed by atoms with Crippen LogP contribution in [0.5, 0.6) is 5.75 Å². The summed E-state index contributed by atoms with van der Waals surface area (Å²) in [7, 11) is -2.64. The van der Waals surface area contributed by atoms with Crippen LogP contribution in [0.3, 0.4) is 0 Å². The van der Waals surface area contributed by atoms with Crippen LogP contribution in [-0.2, 0) is 10.0 Å². The number of nitrogens with zero attached hydrogens (tertiary/aromatic N) is 2. The van der Waals surface area contributed by atoms with E-state index in [0.29, 0.717) is 17.0 Å². The van der Waals surface area contributed by atoms with E-state index in [9.17, 15) is 13.2 Å². The van der Waals surface area contributed by atoms with Gasteiger partial charge in [0.15, 0.2) is 0 Å². The highest BCUT2D eigenvalue weighted by atomic mass is 35.5. The number of ether oxygens (including phenoxy) is 1. The van der Waals surface area contributed by atoms with Gasteiger partial charge in [-0.15, -0.1) is 6.58 Å². The predicted octanol–water partition coefficient (Wildman–Crippen LogP) is 4.86. The maximum Gasteiger partial charge on any atom is 0.264 e. The summed E-state index contributed by atoms with van der Waals surface area (Å²) in [6.45, 7) is 3.66. The van der Waals surface area contributed by atoms with Crippen molar-refractivity contribution in [2.45, 2.75) is 4.90 Å². The van der Waals surface area contributed by atoms with Gasteiger partial charge in [0.1, 0.15) is 5.75 Å². The molecule has 0 atom stereocenters. The molecule has 0 fully saturated rings. The van der Waals surface area contributed by atoms with E-state index in [2.05, 4.69) is 21.9 Å². The SMILES string of the molecule is C=CCN(c1ccccc1OC)S(=O)(=O)c1ccc(Cl)c(C(=O)Nc2nc3ccccc3[nH]2)c1. The van der Waals surface area contributed by atoms with Crippen LogP contribution in [0.25, 0.3) is 11.0 Å². The summed E-state index contributed by atoms with van der Waals surface area (Å²) in [5.74, 6) is -0.00348. The maximum absolute atomic E-state index is 13.6. The molecule has 0 spiro atoms. The largest absolute Gasteiger partial charge is 0.495 e. The van der Waals surface area contributed by atoms with Gasteiger partial charge in [-0.05, 0) is 42.5 Å². The van der Waals surface area contributed by atoms with Crippen LogP contribution in [-0.4, -0.2) is 37.9 Å². The quantitative estimate of drug-likeness (QED) is 0.339. The van der Waals surface area contributed by atoms with Gasteiger partial charge in [-0.2, -0.15) is 0 Å². The molecule has 174 valence electrons. The first kappa shape index (κ1) is 23.3. The average Bonchev–Trinajstić information content (AvgIpc) is 3.24. The number of imidazole rings is 1. The van der Waals surface area contributed by atoms with Crippen LogP contribution < -0.4 is 14.4 Å². The van der Waals surface area contributed by atoms with Gasteiger partial charge >= 0.3 is 0 Å². The lowest BCUT2D eigenvalue weighted by Gasteiger charge is -2.25. The Labute approximate surface area is 201 Å². The smallest absolute Gasteiger partial charge is 0.264 e. The average molecular weight is 497 g/mol. The van der Waals surface area contributed by atoms with Gasteiger partial charge in [0, 0.05) is 0 Å². The summed E-state index contributed by atoms with van der Waals surface area (Å²) in [5.41, 5.74) is 1.75. The Kier molecular flexibility index (Phi) is 6.58. The van der Waals surface area contributed by atoms with E-state index in [-0.39, 0.29) is 28.0 Å². The molecule has 0 aliphatic rings. The molecule has 1 aromatic heterocycles. The number of H-pyrrole nitrogens is 1. The van der Waals surface area contributed by atoms with Gasteiger partial charge in [-0.1, -0.05) is 41.9 Å². The Morgan fingerprint density at radius 2 is 1.91 bits per heavy atom. The minimum Gasteiger partial charge on any atom is -0.495 e. The molecule has 1 heterocycles. The van der Waals surface area contributed by atoms with Crippen LogP contribution in [0.2, 0.25) is 5.02 Å². The Bertz CT molecular complexity index is 1450. The number of methoxy groups -OCH3 is 1. The molecule has 4 rings (SSSR count). The first-order valence-electron chi connectivity index (χ1n) is 10.2. The van der Waals surface area contributed by atoms with Gasteiger partial charge < -0.3 is 9.72 Å². The van der Waals surface area contributed by atoms with Crippen molar-refractivity contribution in [2.24, 2.45) is 0 Å². The second-order valence-electron chi connectivity index (χ2n) is 7.20. The van der Waals surface area contributed by atoms with Gasteiger partial charge in [0.25, 0.3) is 15.9 Å². The van der Waals surface area contributed by atoms with E-state index >= 15 is 0 Å². The number of hydrogen-bond donors (Lipinski definition) is 2. The normalized spacial score (nSPS) is 11.2. The Balaban J connectivity index is 1.70. The number of amides is 1. The molecule has 0 aliphatic carbocycles. The number of carbonyl (C=O) groups is 1. The molecule has 34 heavy (non-hydrogen) atoms. The minimum absolute atomic E-state index is 0.00809. The molecule has 0 radical (unpaired) electrons. The zero-order valence-corrected chi connectivity index (χ0v) is 19.7. The second kappa shape index (κ2) is 9.58.